The van der Waals surface area contributed by atoms with Crippen LogP contribution in [0.4, 0.5) is 8.78 Å². The van der Waals surface area contributed by atoms with Gasteiger partial charge >= 0.3 is 0 Å². The summed E-state index contributed by atoms with van der Waals surface area (Å²) < 4.78 is 32.2. The van der Waals surface area contributed by atoms with Gasteiger partial charge in [0.2, 0.25) is 5.91 Å². The second kappa shape index (κ2) is 10.5. The topological polar surface area (TPSA) is 58.6 Å². The lowest BCUT2D eigenvalue weighted by atomic mass is 10.1. The van der Waals surface area contributed by atoms with Crippen LogP contribution in [-0.2, 0) is 16.1 Å². The van der Waals surface area contributed by atoms with Crippen molar-refractivity contribution in [2.24, 2.45) is 5.92 Å². The molecule has 1 atom stereocenters. The van der Waals surface area contributed by atoms with Gasteiger partial charge in [0.15, 0.2) is 18.2 Å². The average molecular weight is 404 g/mol. The van der Waals surface area contributed by atoms with Gasteiger partial charge in [-0.2, -0.15) is 0 Å². The Morgan fingerprint density at radius 3 is 2.31 bits per heavy atom. The van der Waals surface area contributed by atoms with Gasteiger partial charge in [-0.05, 0) is 42.7 Å². The van der Waals surface area contributed by atoms with Crippen molar-refractivity contribution in [2.45, 2.75) is 33.4 Å². The molecule has 2 aromatic carbocycles. The van der Waals surface area contributed by atoms with Gasteiger partial charge < -0.3 is 15.0 Å². The Balaban J connectivity index is 2.13. The summed E-state index contributed by atoms with van der Waals surface area (Å²) in [6.07, 6.45) is 0. The number of ether oxygens (including phenoxy) is 1. The van der Waals surface area contributed by atoms with Gasteiger partial charge in [-0.1, -0.05) is 38.1 Å². The van der Waals surface area contributed by atoms with Crippen molar-refractivity contribution in [2.75, 3.05) is 13.2 Å². The van der Waals surface area contributed by atoms with E-state index in [1.807, 2.05) is 13.8 Å². The van der Waals surface area contributed by atoms with Crippen LogP contribution in [0, 0.1) is 17.6 Å². The first-order valence-corrected chi connectivity index (χ1v) is 9.47. The van der Waals surface area contributed by atoms with Crippen LogP contribution < -0.4 is 10.1 Å². The maximum atomic E-state index is 13.7. The molecule has 0 unspecified atom stereocenters. The van der Waals surface area contributed by atoms with Gasteiger partial charge in [0.1, 0.15) is 11.9 Å². The summed E-state index contributed by atoms with van der Waals surface area (Å²) in [7, 11) is 0. The molecule has 0 radical (unpaired) electrons. The minimum atomic E-state index is -0.782. The largest absolute Gasteiger partial charge is 0.481 e. The lowest BCUT2D eigenvalue weighted by molar-refractivity contribution is -0.142. The van der Waals surface area contributed by atoms with Crippen LogP contribution in [0.25, 0.3) is 0 Å². The third-order valence-electron chi connectivity index (χ3n) is 4.31. The fraction of sp³-hybridized carbons (Fsp3) is 0.364. The molecule has 0 aliphatic heterocycles. The monoisotopic (exact) mass is 404 g/mol. The zero-order valence-corrected chi connectivity index (χ0v) is 16.8. The van der Waals surface area contributed by atoms with E-state index < -0.39 is 30.2 Å². The normalized spacial score (nSPS) is 11.8. The van der Waals surface area contributed by atoms with Crippen LogP contribution >= 0.6 is 0 Å². The number of amides is 2. The highest BCUT2D eigenvalue weighted by atomic mass is 19.1. The van der Waals surface area contributed by atoms with Crippen LogP contribution in [0.1, 0.15) is 26.3 Å². The van der Waals surface area contributed by atoms with Crippen molar-refractivity contribution in [1.82, 2.24) is 10.2 Å². The highest BCUT2D eigenvalue weighted by Gasteiger charge is 2.26. The number of halogens is 2. The molecule has 1 N–H and O–H groups in total. The lowest BCUT2D eigenvalue weighted by Crippen LogP contribution is -2.49. The van der Waals surface area contributed by atoms with E-state index in [1.54, 1.807) is 25.1 Å². The quantitative estimate of drug-likeness (QED) is 0.696. The summed E-state index contributed by atoms with van der Waals surface area (Å²) in [5.74, 6) is -1.54. The number of carbonyl (C=O) groups excluding carboxylic acids is 2. The predicted octanol–water partition coefficient (Wildman–Crippen LogP) is 3.53. The van der Waals surface area contributed by atoms with Crippen LogP contribution in [0.15, 0.2) is 48.5 Å². The zero-order valence-electron chi connectivity index (χ0n) is 16.8. The number of hydrogen-bond donors (Lipinski definition) is 1. The van der Waals surface area contributed by atoms with Crippen molar-refractivity contribution in [3.05, 3.63) is 65.7 Å². The van der Waals surface area contributed by atoms with Crippen LogP contribution in [-0.4, -0.2) is 35.9 Å². The van der Waals surface area contributed by atoms with Crippen molar-refractivity contribution < 1.29 is 23.1 Å². The van der Waals surface area contributed by atoms with E-state index in [9.17, 15) is 18.4 Å². The van der Waals surface area contributed by atoms with E-state index in [0.717, 1.165) is 0 Å². The van der Waals surface area contributed by atoms with Crippen molar-refractivity contribution in [1.29, 1.82) is 0 Å². The van der Waals surface area contributed by atoms with Crippen LogP contribution in [0.5, 0.6) is 5.75 Å². The minimum absolute atomic E-state index is 0.0421. The van der Waals surface area contributed by atoms with Crippen molar-refractivity contribution in [3.63, 3.8) is 0 Å². The smallest absolute Gasteiger partial charge is 0.261 e. The van der Waals surface area contributed by atoms with E-state index in [-0.39, 0.29) is 24.1 Å². The van der Waals surface area contributed by atoms with Crippen molar-refractivity contribution in [3.8, 4) is 5.75 Å². The number of para-hydroxylation sites is 1. The summed E-state index contributed by atoms with van der Waals surface area (Å²) in [5, 5.41) is 2.80. The van der Waals surface area contributed by atoms with Gasteiger partial charge in [0.05, 0.1) is 0 Å². The molecule has 0 aliphatic carbocycles. The van der Waals surface area contributed by atoms with Gasteiger partial charge in [-0.25, -0.2) is 8.78 Å². The van der Waals surface area contributed by atoms with Gasteiger partial charge in [-0.3, -0.25) is 9.59 Å². The molecule has 0 saturated heterocycles. The molecular weight excluding hydrogens is 378 g/mol. The SMILES string of the molecule is CC(C)CNC(=O)[C@@H](C)N(Cc1ccc(F)cc1)C(=O)COc1ccccc1F. The molecule has 2 amide bonds. The highest BCUT2D eigenvalue weighted by Crippen LogP contribution is 2.16. The summed E-state index contributed by atoms with van der Waals surface area (Å²) in [6.45, 7) is 5.69. The second-order valence-electron chi connectivity index (χ2n) is 7.18. The molecule has 0 aliphatic rings. The summed E-state index contributed by atoms with van der Waals surface area (Å²) >= 11 is 0. The van der Waals surface area contributed by atoms with Gasteiger partial charge in [-0.15, -0.1) is 0 Å². The fourth-order valence-corrected chi connectivity index (χ4v) is 2.61. The van der Waals surface area contributed by atoms with Crippen LogP contribution in [0.3, 0.4) is 0 Å². The Hall–Kier alpha value is -2.96. The molecule has 7 heteroatoms. The number of benzene rings is 2. The standard InChI is InChI=1S/C22H26F2N2O3/c1-15(2)12-25-22(28)16(3)26(13-17-8-10-18(23)11-9-17)21(27)14-29-20-7-5-4-6-19(20)24/h4-11,15-16H,12-14H2,1-3H3,(H,25,28)/t16-/m1/s1. The Labute approximate surface area is 169 Å². The molecule has 0 spiro atoms. The van der Waals surface area contributed by atoms with E-state index in [0.29, 0.717) is 12.1 Å². The summed E-state index contributed by atoms with van der Waals surface area (Å²) in [4.78, 5) is 26.6. The first-order chi connectivity index (χ1) is 13.8. The highest BCUT2D eigenvalue weighted by molar-refractivity contribution is 5.87. The molecule has 29 heavy (non-hydrogen) atoms. The summed E-state index contributed by atoms with van der Waals surface area (Å²) in [5.41, 5.74) is 0.661. The molecule has 2 rings (SSSR count). The predicted molar refractivity (Wildman–Crippen MR) is 106 cm³/mol. The Morgan fingerprint density at radius 2 is 1.69 bits per heavy atom. The Kier molecular flexibility index (Phi) is 8.12. The molecule has 0 heterocycles. The number of carbonyl (C=O) groups is 2. The zero-order chi connectivity index (χ0) is 21.4. The lowest BCUT2D eigenvalue weighted by Gasteiger charge is -2.29. The minimum Gasteiger partial charge on any atom is -0.481 e. The third-order valence-corrected chi connectivity index (χ3v) is 4.31. The number of hydrogen-bond acceptors (Lipinski definition) is 3. The molecule has 156 valence electrons. The molecule has 0 fully saturated rings. The molecule has 2 aromatic rings. The van der Waals surface area contributed by atoms with Gasteiger partial charge in [0, 0.05) is 13.1 Å². The van der Waals surface area contributed by atoms with Crippen LogP contribution in [0.2, 0.25) is 0 Å². The van der Waals surface area contributed by atoms with Gasteiger partial charge in [0.25, 0.3) is 5.91 Å². The number of rotatable bonds is 9. The molecule has 0 saturated carbocycles. The molecule has 5 nitrogen and oxygen atoms in total. The van der Waals surface area contributed by atoms with Crippen molar-refractivity contribution >= 4 is 11.8 Å². The number of nitrogens with zero attached hydrogens (tertiary/aromatic N) is 1. The maximum absolute atomic E-state index is 13.7. The fourth-order valence-electron chi connectivity index (χ4n) is 2.61. The maximum Gasteiger partial charge on any atom is 0.261 e. The first-order valence-electron chi connectivity index (χ1n) is 9.47. The second-order valence-corrected chi connectivity index (χ2v) is 7.18. The van der Waals surface area contributed by atoms with E-state index >= 15 is 0 Å². The Morgan fingerprint density at radius 1 is 1.03 bits per heavy atom. The molecular formula is C22H26F2N2O3. The van der Waals surface area contributed by atoms with E-state index in [4.69, 9.17) is 4.74 Å². The average Bonchev–Trinajstić information content (AvgIpc) is 2.70. The molecule has 0 bridgehead atoms. The van der Waals surface area contributed by atoms with E-state index in [2.05, 4.69) is 5.32 Å². The number of nitrogens with one attached hydrogen (secondary N) is 1. The summed E-state index contributed by atoms with van der Waals surface area (Å²) in [6, 6.07) is 10.7. The first kappa shape index (κ1) is 22.3. The third kappa shape index (κ3) is 6.85. The molecule has 0 aromatic heterocycles. The van der Waals surface area contributed by atoms with E-state index in [1.165, 1.54) is 35.2 Å². The Bertz CT molecular complexity index is 825.